The molecule has 0 saturated heterocycles. The minimum atomic E-state index is 0.787. The third-order valence-corrected chi connectivity index (χ3v) is 5.92. The fraction of sp³-hybridized carbons (Fsp3) is 0.103. The average Bonchev–Trinajstić information content (AvgIpc) is 3.07. The highest BCUT2D eigenvalue weighted by Gasteiger charge is 2.19. The first-order valence-electron chi connectivity index (χ1n) is 10.3. The second-order valence-electron chi connectivity index (χ2n) is 7.74. The Balaban J connectivity index is 1.52. The quantitative estimate of drug-likeness (QED) is 0.322. The lowest BCUT2D eigenvalue weighted by atomic mass is 10.0. The number of thiol groups is 1. The molecule has 0 nitrogen and oxygen atoms in total. The van der Waals surface area contributed by atoms with Gasteiger partial charge in [0.25, 0.3) is 0 Å². The number of aryl methyl sites for hydroxylation is 1. The number of allylic oxidation sites excluding steroid dienone is 2. The molecule has 4 rings (SSSR count). The van der Waals surface area contributed by atoms with E-state index in [9.17, 15) is 0 Å². The smallest absolute Gasteiger partial charge is 0.00405 e. The van der Waals surface area contributed by atoms with Gasteiger partial charge in [-0.1, -0.05) is 105 Å². The van der Waals surface area contributed by atoms with Crippen molar-refractivity contribution in [3.05, 3.63) is 124 Å². The zero-order chi connectivity index (χ0) is 21.1. The molecule has 0 N–H and O–H groups in total. The molecule has 0 heterocycles. The fourth-order valence-corrected chi connectivity index (χ4v) is 3.96. The molecule has 148 valence electrons. The third kappa shape index (κ3) is 4.42. The van der Waals surface area contributed by atoms with Gasteiger partial charge in [0.1, 0.15) is 0 Å². The maximum atomic E-state index is 4.35. The molecular weight excluding hydrogens is 380 g/mol. The van der Waals surface area contributed by atoms with Crippen molar-refractivity contribution in [2.75, 3.05) is 0 Å². The molecule has 0 radical (unpaired) electrons. The van der Waals surface area contributed by atoms with Crippen LogP contribution in [0.2, 0.25) is 0 Å². The van der Waals surface area contributed by atoms with Gasteiger partial charge in [-0.05, 0) is 62.9 Å². The van der Waals surface area contributed by atoms with Gasteiger partial charge in [-0.25, -0.2) is 0 Å². The molecule has 0 unspecified atom stereocenters. The Bertz CT molecular complexity index is 1160. The predicted molar refractivity (Wildman–Crippen MR) is 136 cm³/mol. The Morgan fingerprint density at radius 1 is 0.900 bits per heavy atom. The summed E-state index contributed by atoms with van der Waals surface area (Å²) in [6.07, 6.45) is 8.58. The maximum absolute atomic E-state index is 4.35. The van der Waals surface area contributed by atoms with Crippen molar-refractivity contribution in [3.63, 3.8) is 0 Å². The summed E-state index contributed by atoms with van der Waals surface area (Å²) in [5.41, 5.74) is 11.1. The average molecular weight is 407 g/mol. The molecule has 1 heteroatoms. The van der Waals surface area contributed by atoms with E-state index < -0.39 is 0 Å². The van der Waals surface area contributed by atoms with Gasteiger partial charge >= 0.3 is 0 Å². The summed E-state index contributed by atoms with van der Waals surface area (Å²) in [6.45, 7) is 10.4. The van der Waals surface area contributed by atoms with Gasteiger partial charge < -0.3 is 0 Å². The van der Waals surface area contributed by atoms with Crippen LogP contribution in [0.5, 0.6) is 0 Å². The summed E-state index contributed by atoms with van der Waals surface area (Å²) in [5.74, 6) is 0. The van der Waals surface area contributed by atoms with Gasteiger partial charge in [-0.15, -0.1) is 12.6 Å². The van der Waals surface area contributed by atoms with Crippen molar-refractivity contribution in [1.82, 2.24) is 0 Å². The molecule has 0 spiro atoms. The van der Waals surface area contributed by atoms with Crippen LogP contribution in [0, 0.1) is 0 Å². The molecule has 30 heavy (non-hydrogen) atoms. The zero-order valence-corrected chi connectivity index (χ0v) is 18.3. The van der Waals surface area contributed by atoms with E-state index in [1.807, 2.05) is 12.1 Å². The van der Waals surface area contributed by atoms with Crippen molar-refractivity contribution < 1.29 is 0 Å². The maximum Gasteiger partial charge on any atom is 0.00405 e. The number of fused-ring (bicyclic) bond motifs is 1. The first kappa shape index (κ1) is 20.3. The highest BCUT2D eigenvalue weighted by Crippen LogP contribution is 2.37. The highest BCUT2D eigenvalue weighted by atomic mass is 32.1. The Morgan fingerprint density at radius 2 is 1.53 bits per heavy atom. The molecule has 0 atom stereocenters. The second-order valence-corrected chi connectivity index (χ2v) is 8.28. The zero-order valence-electron chi connectivity index (χ0n) is 17.4. The van der Waals surface area contributed by atoms with Crippen LogP contribution in [-0.4, -0.2) is 0 Å². The van der Waals surface area contributed by atoms with Crippen LogP contribution in [0.25, 0.3) is 28.7 Å². The Hall–Kier alpha value is -3.03. The summed E-state index contributed by atoms with van der Waals surface area (Å²) in [7, 11) is 0. The Kier molecular flexibility index (Phi) is 5.92. The van der Waals surface area contributed by atoms with Gasteiger partial charge in [0, 0.05) is 4.91 Å². The van der Waals surface area contributed by atoms with Crippen LogP contribution < -0.4 is 0 Å². The van der Waals surface area contributed by atoms with Crippen LogP contribution in [0.1, 0.15) is 45.9 Å². The molecule has 0 fully saturated rings. The van der Waals surface area contributed by atoms with Crippen LogP contribution in [0.15, 0.2) is 85.5 Å². The summed E-state index contributed by atoms with van der Waals surface area (Å²) in [6, 6.07) is 23.7. The Morgan fingerprint density at radius 3 is 2.20 bits per heavy atom. The summed E-state index contributed by atoms with van der Waals surface area (Å²) >= 11 is 4.30. The van der Waals surface area contributed by atoms with Crippen molar-refractivity contribution in [2.24, 2.45) is 0 Å². The van der Waals surface area contributed by atoms with E-state index in [0.717, 1.165) is 34.4 Å². The molecule has 1 aliphatic carbocycles. The minimum absolute atomic E-state index is 0.787. The van der Waals surface area contributed by atoms with Gasteiger partial charge in [0.15, 0.2) is 0 Å². The molecule has 0 saturated carbocycles. The van der Waals surface area contributed by atoms with E-state index in [1.54, 1.807) is 0 Å². The van der Waals surface area contributed by atoms with Gasteiger partial charge in [-0.2, -0.15) is 0 Å². The number of hydrogen-bond acceptors (Lipinski definition) is 1. The minimum Gasteiger partial charge on any atom is -0.143 e. The van der Waals surface area contributed by atoms with Crippen LogP contribution >= 0.6 is 12.6 Å². The SMILES string of the molecule is C=C(S)c1ccc(C=Cc2ccc3c(c2)C/C(=C\c2ccc(CC)cc2)C3=C)cc1. The monoisotopic (exact) mass is 406 g/mol. The molecule has 0 amide bonds. The molecule has 0 bridgehead atoms. The molecule has 0 aromatic heterocycles. The fourth-order valence-electron chi connectivity index (χ4n) is 3.81. The number of rotatable bonds is 5. The molecule has 0 aliphatic heterocycles. The van der Waals surface area contributed by atoms with Crippen LogP contribution in [0.3, 0.4) is 0 Å². The lowest BCUT2D eigenvalue weighted by molar-refractivity contribution is 1.14. The lowest BCUT2D eigenvalue weighted by Gasteiger charge is -2.02. The van der Waals surface area contributed by atoms with Crippen LogP contribution in [-0.2, 0) is 12.8 Å². The lowest BCUT2D eigenvalue weighted by Crippen LogP contribution is -1.83. The summed E-state index contributed by atoms with van der Waals surface area (Å²) in [5, 5.41) is 0. The van der Waals surface area contributed by atoms with Gasteiger partial charge in [0.05, 0.1) is 0 Å². The van der Waals surface area contributed by atoms with E-state index >= 15 is 0 Å². The highest BCUT2D eigenvalue weighted by molar-refractivity contribution is 7.90. The number of hydrogen-bond donors (Lipinski definition) is 1. The van der Waals surface area contributed by atoms with E-state index in [-0.39, 0.29) is 0 Å². The van der Waals surface area contributed by atoms with E-state index in [1.165, 1.54) is 33.4 Å². The standard InChI is InChI=1S/C29H26S/c1-4-22-5-8-24(9-6-22)17-27-19-28-18-25(13-16-29(28)20(27)2)10-7-23-11-14-26(15-12-23)21(3)30/h5-18,30H,2-4,19H2,1H3/b10-7?,27-17+. The normalized spacial score (nSPS) is 14.5. The topological polar surface area (TPSA) is 0 Å². The van der Waals surface area contributed by atoms with E-state index in [4.69, 9.17) is 0 Å². The summed E-state index contributed by atoms with van der Waals surface area (Å²) < 4.78 is 0. The van der Waals surface area contributed by atoms with Gasteiger partial charge in [-0.3, -0.25) is 0 Å². The molecule has 3 aromatic carbocycles. The molecular formula is C29H26S. The molecule has 3 aromatic rings. The van der Waals surface area contributed by atoms with Crippen molar-refractivity contribution >= 4 is 41.3 Å². The number of benzene rings is 3. The third-order valence-electron chi connectivity index (χ3n) is 5.66. The van der Waals surface area contributed by atoms with Crippen molar-refractivity contribution in [1.29, 1.82) is 0 Å². The van der Waals surface area contributed by atoms with E-state index in [0.29, 0.717) is 0 Å². The first-order valence-corrected chi connectivity index (χ1v) is 10.8. The van der Waals surface area contributed by atoms with Crippen LogP contribution in [0.4, 0.5) is 0 Å². The predicted octanol–water partition coefficient (Wildman–Crippen LogP) is 7.97. The largest absolute Gasteiger partial charge is 0.143 e. The molecule has 1 aliphatic rings. The van der Waals surface area contributed by atoms with Gasteiger partial charge in [0.2, 0.25) is 0 Å². The first-order chi connectivity index (χ1) is 14.5. The second kappa shape index (κ2) is 8.77. The summed E-state index contributed by atoms with van der Waals surface area (Å²) in [4.78, 5) is 0.787. The van der Waals surface area contributed by atoms with E-state index in [2.05, 4.69) is 106 Å². The van der Waals surface area contributed by atoms with Crippen molar-refractivity contribution in [3.8, 4) is 0 Å². The Labute approximate surface area is 185 Å². The van der Waals surface area contributed by atoms with Crippen molar-refractivity contribution in [2.45, 2.75) is 19.8 Å².